The first-order valence-corrected chi connectivity index (χ1v) is 5.05. The van der Waals surface area contributed by atoms with Gasteiger partial charge >= 0.3 is 0 Å². The van der Waals surface area contributed by atoms with E-state index in [4.69, 9.17) is 11.6 Å². The van der Waals surface area contributed by atoms with Crippen LogP contribution in [0.2, 0.25) is 5.02 Å². The van der Waals surface area contributed by atoms with E-state index in [1.165, 1.54) is 25.9 Å². The van der Waals surface area contributed by atoms with Crippen LogP contribution in [0.3, 0.4) is 0 Å². The molecule has 1 aliphatic rings. The third kappa shape index (κ3) is 2.42. The van der Waals surface area contributed by atoms with Crippen molar-refractivity contribution in [2.75, 3.05) is 13.1 Å². The molecule has 2 rings (SSSR count). The van der Waals surface area contributed by atoms with E-state index in [0.717, 1.165) is 17.3 Å². The second-order valence-electron chi connectivity index (χ2n) is 3.45. The predicted molar refractivity (Wildman–Crippen MR) is 53.8 cm³/mol. The minimum absolute atomic E-state index is 0.782. The highest BCUT2D eigenvalue weighted by molar-refractivity contribution is 6.30. The van der Waals surface area contributed by atoms with Gasteiger partial charge in [0.25, 0.3) is 0 Å². The van der Waals surface area contributed by atoms with E-state index < -0.39 is 0 Å². The Bertz CT molecular complexity index is 282. The van der Waals surface area contributed by atoms with Crippen LogP contribution in [-0.2, 0) is 6.54 Å². The molecule has 13 heavy (non-hydrogen) atoms. The Balaban J connectivity index is 2.00. The van der Waals surface area contributed by atoms with Crippen LogP contribution in [0.15, 0.2) is 18.3 Å². The maximum absolute atomic E-state index is 5.87. The molecule has 1 aromatic rings. The highest BCUT2D eigenvalue weighted by Gasteiger charge is 2.11. The highest BCUT2D eigenvalue weighted by atomic mass is 35.5. The summed E-state index contributed by atoms with van der Waals surface area (Å²) in [5, 5.41) is 0.782. The van der Waals surface area contributed by atoms with Crippen molar-refractivity contribution in [3.63, 3.8) is 0 Å². The van der Waals surface area contributed by atoms with Gasteiger partial charge in [-0.2, -0.15) is 0 Å². The summed E-state index contributed by atoms with van der Waals surface area (Å²) in [6.45, 7) is 3.35. The zero-order chi connectivity index (χ0) is 9.10. The predicted octanol–water partition coefficient (Wildman–Crippen LogP) is 2.33. The molecular weight excluding hydrogens is 184 g/mol. The SMILES string of the molecule is Clc1ccnc(CN2CCCC2)c1. The Morgan fingerprint density at radius 1 is 1.38 bits per heavy atom. The molecule has 1 fully saturated rings. The molecule has 70 valence electrons. The van der Waals surface area contributed by atoms with Crippen LogP contribution in [0.5, 0.6) is 0 Å². The summed E-state index contributed by atoms with van der Waals surface area (Å²) in [7, 11) is 0. The minimum atomic E-state index is 0.782. The molecule has 3 heteroatoms. The normalized spacial score (nSPS) is 17.9. The number of likely N-dealkylation sites (tertiary alicyclic amines) is 1. The fourth-order valence-corrected chi connectivity index (χ4v) is 1.89. The summed E-state index contributed by atoms with van der Waals surface area (Å²) in [5.74, 6) is 0. The van der Waals surface area contributed by atoms with Crippen molar-refractivity contribution in [3.8, 4) is 0 Å². The first kappa shape index (κ1) is 8.97. The lowest BCUT2D eigenvalue weighted by Crippen LogP contribution is -2.18. The van der Waals surface area contributed by atoms with E-state index in [1.807, 2.05) is 12.1 Å². The lowest BCUT2D eigenvalue weighted by molar-refractivity contribution is 0.327. The maximum Gasteiger partial charge on any atom is 0.0558 e. The van der Waals surface area contributed by atoms with Gasteiger partial charge in [-0.05, 0) is 38.1 Å². The fourth-order valence-electron chi connectivity index (χ4n) is 1.71. The molecule has 1 saturated heterocycles. The molecule has 0 bridgehead atoms. The van der Waals surface area contributed by atoms with Crippen LogP contribution in [0.25, 0.3) is 0 Å². The number of hydrogen-bond acceptors (Lipinski definition) is 2. The van der Waals surface area contributed by atoms with E-state index in [9.17, 15) is 0 Å². The number of nitrogens with zero attached hydrogens (tertiary/aromatic N) is 2. The number of rotatable bonds is 2. The Morgan fingerprint density at radius 3 is 2.85 bits per heavy atom. The molecule has 0 radical (unpaired) electrons. The Labute approximate surface area is 83.5 Å². The van der Waals surface area contributed by atoms with Crippen LogP contribution >= 0.6 is 11.6 Å². The Morgan fingerprint density at radius 2 is 2.15 bits per heavy atom. The standard InChI is InChI=1S/C10H13ClN2/c11-9-3-4-12-10(7-9)8-13-5-1-2-6-13/h3-4,7H,1-2,5-6,8H2. The second-order valence-corrected chi connectivity index (χ2v) is 3.89. The Hall–Kier alpha value is -0.600. The second kappa shape index (κ2) is 4.07. The Kier molecular flexibility index (Phi) is 2.81. The average Bonchev–Trinajstić information content (AvgIpc) is 2.57. The summed E-state index contributed by atoms with van der Waals surface area (Å²) in [6.07, 6.45) is 4.41. The van der Waals surface area contributed by atoms with Crippen molar-refractivity contribution >= 4 is 11.6 Å². The highest BCUT2D eigenvalue weighted by Crippen LogP contribution is 2.13. The van der Waals surface area contributed by atoms with E-state index in [-0.39, 0.29) is 0 Å². The number of pyridine rings is 1. The molecule has 0 atom stereocenters. The van der Waals surface area contributed by atoms with Gasteiger partial charge in [-0.1, -0.05) is 11.6 Å². The van der Waals surface area contributed by atoms with Gasteiger partial charge in [-0.15, -0.1) is 0 Å². The summed E-state index contributed by atoms with van der Waals surface area (Å²) < 4.78 is 0. The van der Waals surface area contributed by atoms with Gasteiger partial charge in [0, 0.05) is 17.8 Å². The van der Waals surface area contributed by atoms with Gasteiger partial charge in [0.15, 0.2) is 0 Å². The molecule has 0 spiro atoms. The smallest absolute Gasteiger partial charge is 0.0558 e. The molecule has 0 aromatic carbocycles. The summed E-state index contributed by atoms with van der Waals surface area (Å²) in [6, 6.07) is 3.76. The van der Waals surface area contributed by atoms with Crippen LogP contribution < -0.4 is 0 Å². The van der Waals surface area contributed by atoms with Crippen molar-refractivity contribution in [3.05, 3.63) is 29.0 Å². The molecule has 0 unspecified atom stereocenters. The molecule has 1 aliphatic heterocycles. The molecule has 2 heterocycles. The van der Waals surface area contributed by atoms with Crippen molar-refractivity contribution in [2.24, 2.45) is 0 Å². The fraction of sp³-hybridized carbons (Fsp3) is 0.500. The van der Waals surface area contributed by atoms with Gasteiger partial charge in [-0.3, -0.25) is 9.88 Å². The lowest BCUT2D eigenvalue weighted by atomic mass is 10.3. The van der Waals surface area contributed by atoms with Crippen molar-refractivity contribution < 1.29 is 0 Å². The third-order valence-corrected chi connectivity index (χ3v) is 2.60. The van der Waals surface area contributed by atoms with Crippen LogP contribution in [-0.4, -0.2) is 23.0 Å². The van der Waals surface area contributed by atoms with Gasteiger partial charge in [0.05, 0.1) is 5.69 Å². The largest absolute Gasteiger partial charge is 0.298 e. The van der Waals surface area contributed by atoms with Crippen molar-refractivity contribution in [1.82, 2.24) is 9.88 Å². The van der Waals surface area contributed by atoms with E-state index in [1.54, 1.807) is 6.20 Å². The number of halogens is 1. The molecule has 1 aromatic heterocycles. The van der Waals surface area contributed by atoms with Crippen molar-refractivity contribution in [1.29, 1.82) is 0 Å². The monoisotopic (exact) mass is 196 g/mol. The van der Waals surface area contributed by atoms with Gasteiger partial charge < -0.3 is 0 Å². The molecule has 0 saturated carbocycles. The van der Waals surface area contributed by atoms with E-state index >= 15 is 0 Å². The van der Waals surface area contributed by atoms with Gasteiger partial charge in [0.2, 0.25) is 0 Å². The minimum Gasteiger partial charge on any atom is -0.298 e. The van der Waals surface area contributed by atoms with Crippen molar-refractivity contribution in [2.45, 2.75) is 19.4 Å². The summed E-state index contributed by atoms with van der Waals surface area (Å²) in [4.78, 5) is 6.69. The zero-order valence-corrected chi connectivity index (χ0v) is 8.30. The van der Waals surface area contributed by atoms with Gasteiger partial charge in [0.1, 0.15) is 0 Å². The molecule has 2 nitrogen and oxygen atoms in total. The summed E-state index contributed by atoms with van der Waals surface area (Å²) >= 11 is 5.87. The van der Waals surface area contributed by atoms with Crippen LogP contribution in [0, 0.1) is 0 Å². The summed E-state index contributed by atoms with van der Waals surface area (Å²) in [5.41, 5.74) is 1.08. The van der Waals surface area contributed by atoms with Gasteiger partial charge in [-0.25, -0.2) is 0 Å². The topological polar surface area (TPSA) is 16.1 Å². The first-order valence-electron chi connectivity index (χ1n) is 4.67. The number of hydrogen-bond donors (Lipinski definition) is 0. The zero-order valence-electron chi connectivity index (χ0n) is 7.54. The molecule has 0 aliphatic carbocycles. The lowest BCUT2D eigenvalue weighted by Gasteiger charge is -2.13. The maximum atomic E-state index is 5.87. The molecule has 0 N–H and O–H groups in total. The quantitative estimate of drug-likeness (QED) is 0.722. The number of aromatic nitrogens is 1. The average molecular weight is 197 g/mol. The molecular formula is C10H13ClN2. The van der Waals surface area contributed by atoms with E-state index in [0.29, 0.717) is 0 Å². The molecule has 0 amide bonds. The van der Waals surface area contributed by atoms with E-state index in [2.05, 4.69) is 9.88 Å². The third-order valence-electron chi connectivity index (χ3n) is 2.36. The van der Waals surface area contributed by atoms with Crippen LogP contribution in [0.1, 0.15) is 18.5 Å². The first-order chi connectivity index (χ1) is 6.34. The van der Waals surface area contributed by atoms with Crippen LogP contribution in [0.4, 0.5) is 0 Å².